The largest absolute Gasteiger partial charge is 1.00 e. The molecule has 1 aromatic heterocycles. The molecule has 28 heavy (non-hydrogen) atoms. The number of carbonyl (C=O) groups is 1. The van der Waals surface area contributed by atoms with E-state index in [1.165, 1.54) is 19.2 Å². The summed E-state index contributed by atoms with van der Waals surface area (Å²) in [6.07, 6.45) is 3.44. The predicted octanol–water partition coefficient (Wildman–Crippen LogP) is -3.14. The van der Waals surface area contributed by atoms with Crippen molar-refractivity contribution in [2.75, 3.05) is 26.1 Å². The zero-order valence-electron chi connectivity index (χ0n) is 15.5. The average Bonchev–Trinajstić information content (AvgIpc) is 2.90. The Kier molecular flexibility index (Phi) is 6.63. The second kappa shape index (κ2) is 8.75. The number of hydrogen-bond donors (Lipinski definition) is 0. The van der Waals surface area contributed by atoms with Gasteiger partial charge in [-0.2, -0.15) is 4.57 Å². The van der Waals surface area contributed by atoms with Crippen LogP contribution in [0.15, 0.2) is 57.5 Å². The van der Waals surface area contributed by atoms with Crippen molar-refractivity contribution >= 4 is 22.4 Å². The lowest BCUT2D eigenvalue weighted by molar-refractivity contribution is -0.685. The van der Waals surface area contributed by atoms with Gasteiger partial charge in [-0.05, 0) is 18.2 Å². The number of methoxy groups -OCH3 is 1. The summed E-state index contributed by atoms with van der Waals surface area (Å²) in [5.74, 6) is -0.245. The molecule has 0 fully saturated rings. The first-order chi connectivity index (χ1) is 12.9. The van der Waals surface area contributed by atoms with Crippen LogP contribution in [0.25, 0.3) is 10.8 Å². The molecule has 0 saturated carbocycles. The Bertz CT molecular complexity index is 1150. The summed E-state index contributed by atoms with van der Waals surface area (Å²) in [5.41, 5.74) is -0.187. The van der Waals surface area contributed by atoms with Crippen molar-refractivity contribution in [2.24, 2.45) is 5.16 Å². The molecule has 2 aromatic carbocycles. The van der Waals surface area contributed by atoms with Gasteiger partial charge in [0.1, 0.15) is 5.75 Å². The molecule has 0 aliphatic rings. The van der Waals surface area contributed by atoms with Crippen molar-refractivity contribution in [1.82, 2.24) is 0 Å². The second-order valence-electron chi connectivity index (χ2n) is 6.10. The average molecular weight is 448 g/mol. The molecule has 9 heteroatoms. The van der Waals surface area contributed by atoms with Gasteiger partial charge < -0.3 is 31.5 Å². The topological polar surface area (TPSA) is 89.2 Å². The van der Waals surface area contributed by atoms with Crippen LogP contribution < -0.4 is 47.4 Å². The standard InChI is InChI=1S/C19H18N3O5.BrH/c1-21(2)12-6-8-22(9-7-12)11-16(23)27-20-17-18(24)14-5-4-13(26-3)10-15(14)19(17)25;/h4-10H,11H2,1-3H3;1H/q+1;/p-1/b20-17+;. The van der Waals surface area contributed by atoms with Crippen molar-refractivity contribution in [3.8, 4) is 5.75 Å². The smallest absolute Gasteiger partial charge is 0.399 e. The van der Waals surface area contributed by atoms with Gasteiger partial charge in [0.15, 0.2) is 17.8 Å². The molecule has 0 amide bonds. The van der Waals surface area contributed by atoms with E-state index < -0.39 is 22.2 Å². The summed E-state index contributed by atoms with van der Waals surface area (Å²) in [6, 6.07) is 8.20. The van der Waals surface area contributed by atoms with Gasteiger partial charge in [-0.3, -0.25) is 9.59 Å². The summed E-state index contributed by atoms with van der Waals surface area (Å²) < 4.78 is 6.66. The monoisotopic (exact) mass is 447 g/mol. The number of fused-ring (bicyclic) bond motifs is 1. The van der Waals surface area contributed by atoms with E-state index in [9.17, 15) is 14.4 Å². The highest BCUT2D eigenvalue weighted by Gasteiger charge is 2.15. The van der Waals surface area contributed by atoms with Gasteiger partial charge in [-0.15, -0.1) is 0 Å². The van der Waals surface area contributed by atoms with Gasteiger partial charge >= 0.3 is 5.97 Å². The molecule has 3 aromatic rings. The van der Waals surface area contributed by atoms with Crippen LogP contribution in [-0.2, 0) is 16.2 Å². The zero-order valence-corrected chi connectivity index (χ0v) is 17.1. The third-order valence-corrected chi connectivity index (χ3v) is 4.09. The minimum absolute atomic E-state index is 0. The molecule has 0 unspecified atom stereocenters. The van der Waals surface area contributed by atoms with Gasteiger partial charge in [0.05, 0.1) is 7.11 Å². The molecule has 146 valence electrons. The first kappa shape index (κ1) is 21.2. The normalized spacial score (nSPS) is 11.2. The molecule has 0 N–H and O–H groups in total. The van der Waals surface area contributed by atoms with Crippen molar-refractivity contribution in [3.05, 3.63) is 68.5 Å². The Labute approximate surface area is 170 Å². The Morgan fingerprint density at radius 1 is 1.07 bits per heavy atom. The van der Waals surface area contributed by atoms with E-state index in [1.54, 1.807) is 23.0 Å². The Balaban J connectivity index is 0.00000280. The third-order valence-electron chi connectivity index (χ3n) is 4.09. The van der Waals surface area contributed by atoms with Gasteiger partial charge in [-0.1, -0.05) is 5.16 Å². The molecule has 0 saturated heterocycles. The van der Waals surface area contributed by atoms with Gasteiger partial charge in [0.25, 0.3) is 0 Å². The Morgan fingerprint density at radius 2 is 1.71 bits per heavy atom. The van der Waals surface area contributed by atoms with Crippen LogP contribution in [-0.4, -0.2) is 27.2 Å². The van der Waals surface area contributed by atoms with Crippen LogP contribution in [0.4, 0.5) is 5.69 Å². The van der Waals surface area contributed by atoms with E-state index in [1.807, 2.05) is 31.1 Å². The molecule has 0 spiro atoms. The van der Waals surface area contributed by atoms with Crippen LogP contribution in [0, 0.1) is 0 Å². The lowest BCUT2D eigenvalue weighted by Gasteiger charge is -2.10. The van der Waals surface area contributed by atoms with Crippen LogP contribution in [0.2, 0.25) is 0 Å². The fourth-order valence-electron chi connectivity index (χ4n) is 2.60. The van der Waals surface area contributed by atoms with Crippen LogP contribution in [0.3, 0.4) is 0 Å². The van der Waals surface area contributed by atoms with Gasteiger partial charge in [0, 0.05) is 42.7 Å². The number of carbonyl (C=O) groups excluding carboxylic acids is 1. The number of anilines is 1. The molecule has 0 bridgehead atoms. The van der Waals surface area contributed by atoms with E-state index in [4.69, 9.17) is 9.57 Å². The Hall–Kier alpha value is -3.07. The molecule has 1 heterocycles. The van der Waals surface area contributed by atoms with Crippen molar-refractivity contribution in [2.45, 2.75) is 6.54 Å². The maximum absolute atomic E-state index is 12.3. The molecule has 0 aliphatic carbocycles. The van der Waals surface area contributed by atoms with Crippen LogP contribution >= 0.6 is 0 Å². The summed E-state index contributed by atoms with van der Waals surface area (Å²) >= 11 is 0. The molecular formula is C19H18BrN3O5. The van der Waals surface area contributed by atoms with Crippen molar-refractivity contribution in [1.29, 1.82) is 0 Å². The predicted molar refractivity (Wildman–Crippen MR) is 98.0 cm³/mol. The van der Waals surface area contributed by atoms with E-state index in [2.05, 4.69) is 5.16 Å². The van der Waals surface area contributed by atoms with Crippen LogP contribution in [0.1, 0.15) is 0 Å². The number of benzene rings is 1. The number of ether oxygens (including phenoxy) is 1. The minimum Gasteiger partial charge on any atom is -1.00 e. The molecule has 0 radical (unpaired) electrons. The highest BCUT2D eigenvalue weighted by molar-refractivity contribution is 5.84. The number of hydrogen-bond acceptors (Lipinski definition) is 7. The minimum atomic E-state index is -0.695. The lowest BCUT2D eigenvalue weighted by atomic mass is 10.2. The van der Waals surface area contributed by atoms with Crippen LogP contribution in [0.5, 0.6) is 5.75 Å². The van der Waals surface area contributed by atoms with E-state index >= 15 is 0 Å². The molecule has 0 aliphatic heterocycles. The SMILES string of the molecule is COc1ccc2c(=O)/c(=N\OC(=O)C[n+]3ccc(N(C)C)cc3)c(=O)c2c1.[Br-]. The number of pyridine rings is 1. The van der Waals surface area contributed by atoms with Crippen molar-refractivity contribution < 1.29 is 35.9 Å². The number of halogens is 1. The molecule has 8 nitrogen and oxygen atoms in total. The first-order valence-corrected chi connectivity index (χ1v) is 8.12. The summed E-state index contributed by atoms with van der Waals surface area (Å²) in [7, 11) is 5.28. The fourth-order valence-corrected chi connectivity index (χ4v) is 2.60. The highest BCUT2D eigenvalue weighted by Crippen LogP contribution is 2.14. The molecular weight excluding hydrogens is 430 g/mol. The van der Waals surface area contributed by atoms with Gasteiger partial charge in [0.2, 0.25) is 17.4 Å². The van der Waals surface area contributed by atoms with E-state index in [-0.39, 0.29) is 34.3 Å². The summed E-state index contributed by atoms with van der Waals surface area (Å²) in [6.45, 7) is -0.104. The lowest BCUT2D eigenvalue weighted by Crippen LogP contribution is -3.00. The zero-order chi connectivity index (χ0) is 19.6. The highest BCUT2D eigenvalue weighted by atomic mass is 79.9. The van der Waals surface area contributed by atoms with E-state index in [0.717, 1.165) is 5.69 Å². The quantitative estimate of drug-likeness (QED) is 0.233. The summed E-state index contributed by atoms with van der Waals surface area (Å²) in [4.78, 5) is 43.3. The maximum Gasteiger partial charge on any atom is 0.399 e. The fraction of sp³-hybridized carbons (Fsp3) is 0.211. The third kappa shape index (κ3) is 4.25. The maximum atomic E-state index is 12.3. The second-order valence-corrected chi connectivity index (χ2v) is 6.10. The molecule has 0 atom stereocenters. The van der Waals surface area contributed by atoms with E-state index in [0.29, 0.717) is 5.75 Å². The number of rotatable bonds is 5. The molecule has 3 rings (SSSR count). The summed E-state index contributed by atoms with van der Waals surface area (Å²) in [5, 5.41) is 3.48. The van der Waals surface area contributed by atoms with Crippen molar-refractivity contribution in [3.63, 3.8) is 0 Å². The first-order valence-electron chi connectivity index (χ1n) is 8.12. The number of aromatic nitrogens is 1. The number of nitrogens with zero attached hydrogens (tertiary/aromatic N) is 3. The Morgan fingerprint density at radius 3 is 2.32 bits per heavy atom. The van der Waals surface area contributed by atoms with Gasteiger partial charge in [-0.25, -0.2) is 4.79 Å².